The fraction of sp³-hybridized carbons (Fsp3) is 0.429. The van der Waals surface area contributed by atoms with Gasteiger partial charge in [0.25, 0.3) is 0 Å². The van der Waals surface area contributed by atoms with E-state index in [1.807, 2.05) is 25.1 Å². The summed E-state index contributed by atoms with van der Waals surface area (Å²) in [4.78, 5) is 0. The molecule has 3 nitrogen and oxygen atoms in total. The SMILES string of the molecule is C=C(C)COCCNCc1cc(Cl)ccc1OC. The molecule has 0 spiro atoms. The smallest absolute Gasteiger partial charge is 0.123 e. The average Bonchev–Trinajstić information content (AvgIpc) is 2.33. The predicted octanol–water partition coefficient (Wildman–Crippen LogP) is 3.03. The van der Waals surface area contributed by atoms with Crippen LogP contribution in [0.1, 0.15) is 12.5 Å². The second-order valence-corrected chi connectivity index (χ2v) is 4.58. The molecule has 1 rings (SSSR count). The van der Waals surface area contributed by atoms with E-state index in [1.54, 1.807) is 7.11 Å². The van der Waals surface area contributed by atoms with E-state index in [-0.39, 0.29) is 0 Å². The maximum Gasteiger partial charge on any atom is 0.123 e. The first-order chi connectivity index (χ1) is 8.63. The highest BCUT2D eigenvalue weighted by atomic mass is 35.5. The lowest BCUT2D eigenvalue weighted by Crippen LogP contribution is -2.20. The summed E-state index contributed by atoms with van der Waals surface area (Å²) in [6.45, 7) is 8.49. The van der Waals surface area contributed by atoms with Gasteiger partial charge in [0.2, 0.25) is 0 Å². The Morgan fingerprint density at radius 1 is 1.44 bits per heavy atom. The molecule has 1 N–H and O–H groups in total. The second kappa shape index (κ2) is 8.14. The molecule has 0 unspecified atom stereocenters. The summed E-state index contributed by atoms with van der Waals surface area (Å²) < 4.78 is 10.7. The zero-order chi connectivity index (χ0) is 13.4. The van der Waals surface area contributed by atoms with Crippen molar-refractivity contribution in [2.24, 2.45) is 0 Å². The number of benzene rings is 1. The molecule has 1 aromatic carbocycles. The van der Waals surface area contributed by atoms with Crippen molar-refractivity contribution in [3.05, 3.63) is 40.9 Å². The van der Waals surface area contributed by atoms with Crippen LogP contribution in [0.5, 0.6) is 5.75 Å². The van der Waals surface area contributed by atoms with Crippen molar-refractivity contribution in [1.82, 2.24) is 5.32 Å². The molecule has 4 heteroatoms. The highest BCUT2D eigenvalue weighted by Crippen LogP contribution is 2.22. The highest BCUT2D eigenvalue weighted by molar-refractivity contribution is 6.30. The molecule has 0 radical (unpaired) electrons. The van der Waals surface area contributed by atoms with Crippen molar-refractivity contribution in [2.75, 3.05) is 26.9 Å². The molecule has 0 fully saturated rings. The predicted molar refractivity (Wildman–Crippen MR) is 75.3 cm³/mol. The highest BCUT2D eigenvalue weighted by Gasteiger charge is 2.03. The summed E-state index contributed by atoms with van der Waals surface area (Å²) in [5.74, 6) is 0.842. The molecule has 18 heavy (non-hydrogen) atoms. The first-order valence-corrected chi connectivity index (χ1v) is 6.26. The lowest BCUT2D eigenvalue weighted by atomic mass is 10.2. The van der Waals surface area contributed by atoms with Gasteiger partial charge in [0, 0.05) is 23.7 Å². The van der Waals surface area contributed by atoms with Gasteiger partial charge < -0.3 is 14.8 Å². The maximum atomic E-state index is 5.95. The number of nitrogens with one attached hydrogen (secondary N) is 1. The number of hydrogen-bond acceptors (Lipinski definition) is 3. The van der Waals surface area contributed by atoms with Crippen molar-refractivity contribution in [3.63, 3.8) is 0 Å². The van der Waals surface area contributed by atoms with Gasteiger partial charge in [-0.25, -0.2) is 0 Å². The average molecular weight is 270 g/mol. The summed E-state index contributed by atoms with van der Waals surface area (Å²) >= 11 is 5.95. The topological polar surface area (TPSA) is 30.5 Å². The Labute approximate surface area is 114 Å². The van der Waals surface area contributed by atoms with Gasteiger partial charge in [0.1, 0.15) is 5.75 Å². The molecule has 0 atom stereocenters. The van der Waals surface area contributed by atoms with Gasteiger partial charge in [-0.05, 0) is 25.1 Å². The van der Waals surface area contributed by atoms with Crippen molar-refractivity contribution < 1.29 is 9.47 Å². The van der Waals surface area contributed by atoms with Gasteiger partial charge in [0.15, 0.2) is 0 Å². The largest absolute Gasteiger partial charge is 0.496 e. The van der Waals surface area contributed by atoms with Gasteiger partial charge in [0.05, 0.1) is 20.3 Å². The molecule has 0 aromatic heterocycles. The maximum absolute atomic E-state index is 5.95. The first kappa shape index (κ1) is 15.0. The summed E-state index contributed by atoms with van der Waals surface area (Å²) in [6.07, 6.45) is 0. The van der Waals surface area contributed by atoms with Crippen LogP contribution < -0.4 is 10.1 Å². The lowest BCUT2D eigenvalue weighted by molar-refractivity contribution is 0.157. The Morgan fingerprint density at radius 3 is 2.89 bits per heavy atom. The Bertz CT molecular complexity index is 393. The molecule has 0 amide bonds. The Hall–Kier alpha value is -1.03. The first-order valence-electron chi connectivity index (χ1n) is 5.88. The molecule has 0 aliphatic heterocycles. The van der Waals surface area contributed by atoms with Crippen LogP contribution in [0.2, 0.25) is 5.02 Å². The van der Waals surface area contributed by atoms with Crippen LogP contribution in [-0.4, -0.2) is 26.9 Å². The van der Waals surface area contributed by atoms with E-state index in [4.69, 9.17) is 21.1 Å². The fourth-order valence-electron chi connectivity index (χ4n) is 1.50. The zero-order valence-corrected chi connectivity index (χ0v) is 11.7. The van der Waals surface area contributed by atoms with Gasteiger partial charge in [-0.15, -0.1) is 0 Å². The fourth-order valence-corrected chi connectivity index (χ4v) is 1.69. The van der Waals surface area contributed by atoms with Crippen LogP contribution in [0.3, 0.4) is 0 Å². The third-order valence-electron chi connectivity index (χ3n) is 2.33. The number of ether oxygens (including phenoxy) is 2. The molecule has 0 saturated heterocycles. The quantitative estimate of drug-likeness (QED) is 0.581. The van der Waals surface area contributed by atoms with Crippen molar-refractivity contribution >= 4 is 11.6 Å². The van der Waals surface area contributed by atoms with Crippen molar-refractivity contribution in [3.8, 4) is 5.75 Å². The summed E-state index contributed by atoms with van der Waals surface area (Å²) in [7, 11) is 1.66. The third kappa shape index (κ3) is 5.54. The second-order valence-electron chi connectivity index (χ2n) is 4.14. The normalized spacial score (nSPS) is 10.4. The minimum atomic E-state index is 0.613. The van der Waals surface area contributed by atoms with E-state index in [0.717, 1.165) is 23.4 Å². The van der Waals surface area contributed by atoms with Crippen LogP contribution >= 0.6 is 11.6 Å². The van der Waals surface area contributed by atoms with Crippen LogP contribution in [0.15, 0.2) is 30.4 Å². The van der Waals surface area contributed by atoms with E-state index in [2.05, 4.69) is 11.9 Å². The van der Waals surface area contributed by atoms with Gasteiger partial charge in [-0.1, -0.05) is 23.8 Å². The monoisotopic (exact) mass is 269 g/mol. The molecular weight excluding hydrogens is 250 g/mol. The van der Waals surface area contributed by atoms with Crippen molar-refractivity contribution in [2.45, 2.75) is 13.5 Å². The summed E-state index contributed by atoms with van der Waals surface area (Å²) in [6, 6.07) is 5.60. The molecule has 0 heterocycles. The number of rotatable bonds is 8. The van der Waals surface area contributed by atoms with Crippen LogP contribution in [0, 0.1) is 0 Å². The Balaban J connectivity index is 2.30. The van der Waals surface area contributed by atoms with E-state index in [9.17, 15) is 0 Å². The molecule has 0 bridgehead atoms. The summed E-state index contributed by atoms with van der Waals surface area (Å²) in [5, 5.41) is 4.00. The number of methoxy groups -OCH3 is 1. The molecule has 100 valence electrons. The van der Waals surface area contributed by atoms with Crippen LogP contribution in [0.4, 0.5) is 0 Å². The van der Waals surface area contributed by atoms with E-state index < -0.39 is 0 Å². The van der Waals surface area contributed by atoms with Gasteiger partial charge in [-0.3, -0.25) is 0 Å². The third-order valence-corrected chi connectivity index (χ3v) is 2.56. The molecular formula is C14H20ClNO2. The van der Waals surface area contributed by atoms with E-state index in [1.165, 1.54) is 0 Å². The molecule has 1 aromatic rings. The van der Waals surface area contributed by atoms with Gasteiger partial charge >= 0.3 is 0 Å². The standard InChI is InChI=1S/C14H20ClNO2/c1-11(2)10-18-7-6-16-9-12-8-13(15)4-5-14(12)17-3/h4-5,8,16H,1,6-7,9-10H2,2-3H3. The zero-order valence-electron chi connectivity index (χ0n) is 11.0. The van der Waals surface area contributed by atoms with Crippen molar-refractivity contribution in [1.29, 1.82) is 0 Å². The lowest BCUT2D eigenvalue weighted by Gasteiger charge is -2.10. The molecule has 0 aliphatic carbocycles. The number of halogens is 1. The van der Waals surface area contributed by atoms with E-state index >= 15 is 0 Å². The Kier molecular flexibility index (Phi) is 6.80. The van der Waals surface area contributed by atoms with Crippen LogP contribution in [-0.2, 0) is 11.3 Å². The molecule has 0 aliphatic rings. The number of hydrogen-bond donors (Lipinski definition) is 1. The minimum Gasteiger partial charge on any atom is -0.496 e. The minimum absolute atomic E-state index is 0.613. The Morgan fingerprint density at radius 2 is 2.22 bits per heavy atom. The van der Waals surface area contributed by atoms with Crippen LogP contribution in [0.25, 0.3) is 0 Å². The van der Waals surface area contributed by atoms with E-state index in [0.29, 0.717) is 24.8 Å². The molecule has 0 saturated carbocycles. The van der Waals surface area contributed by atoms with Gasteiger partial charge in [-0.2, -0.15) is 0 Å². The summed E-state index contributed by atoms with van der Waals surface area (Å²) in [5.41, 5.74) is 2.08.